The van der Waals surface area contributed by atoms with Gasteiger partial charge in [-0.2, -0.15) is 0 Å². The van der Waals surface area contributed by atoms with Crippen molar-refractivity contribution in [3.8, 4) is 11.5 Å². The van der Waals surface area contributed by atoms with Gasteiger partial charge in [-0.15, -0.1) is 24.0 Å². The topological polar surface area (TPSA) is 72.1 Å². The van der Waals surface area contributed by atoms with E-state index in [1.54, 1.807) is 14.2 Å². The summed E-state index contributed by atoms with van der Waals surface area (Å²) in [4.78, 5) is 7.08. The van der Waals surface area contributed by atoms with Crippen LogP contribution in [-0.2, 0) is 6.42 Å². The Labute approximate surface area is 180 Å². The third kappa shape index (κ3) is 7.37. The third-order valence-corrected chi connectivity index (χ3v) is 5.02. The number of methoxy groups -OCH3 is 2. The van der Waals surface area contributed by atoms with Crippen LogP contribution in [0.25, 0.3) is 0 Å². The molecule has 2 rings (SSSR count). The van der Waals surface area contributed by atoms with Crippen LogP contribution in [-0.4, -0.2) is 56.8 Å². The Bertz CT molecular complexity index is 602. The largest absolute Gasteiger partial charge is 0.493 e. The maximum atomic E-state index is 6.05. The van der Waals surface area contributed by atoms with E-state index in [0.29, 0.717) is 12.5 Å². The van der Waals surface area contributed by atoms with E-state index in [2.05, 4.69) is 29.1 Å². The summed E-state index contributed by atoms with van der Waals surface area (Å²) < 4.78 is 10.6. The fraction of sp³-hybridized carbons (Fsp3) is 0.650. The van der Waals surface area contributed by atoms with Gasteiger partial charge in [0.1, 0.15) is 0 Å². The van der Waals surface area contributed by atoms with Crippen LogP contribution in [0.2, 0.25) is 0 Å². The van der Waals surface area contributed by atoms with Gasteiger partial charge in [-0.05, 0) is 63.9 Å². The second-order valence-electron chi connectivity index (χ2n) is 7.43. The Morgan fingerprint density at radius 1 is 1.15 bits per heavy atom. The lowest BCUT2D eigenvalue weighted by Crippen LogP contribution is -2.49. The van der Waals surface area contributed by atoms with Crippen LogP contribution in [0, 0.1) is 0 Å². The smallest absolute Gasteiger partial charge is 0.188 e. The Morgan fingerprint density at radius 3 is 2.44 bits per heavy atom. The number of nitrogens with one attached hydrogen (secondary N) is 1. The average molecular weight is 490 g/mol. The predicted molar refractivity (Wildman–Crippen MR) is 123 cm³/mol. The van der Waals surface area contributed by atoms with Gasteiger partial charge in [0.25, 0.3) is 0 Å². The van der Waals surface area contributed by atoms with Crippen LogP contribution in [0.15, 0.2) is 23.2 Å². The van der Waals surface area contributed by atoms with Gasteiger partial charge in [0, 0.05) is 12.1 Å². The van der Waals surface area contributed by atoms with E-state index < -0.39 is 0 Å². The molecule has 0 aliphatic carbocycles. The number of likely N-dealkylation sites (tertiary alicyclic amines) is 1. The molecule has 1 aliphatic rings. The molecule has 3 N–H and O–H groups in total. The summed E-state index contributed by atoms with van der Waals surface area (Å²) in [5, 5.41) is 3.21. The quantitative estimate of drug-likeness (QED) is 0.333. The number of hydrogen-bond acceptors (Lipinski definition) is 4. The molecular formula is C20H35IN4O2. The standard InChI is InChI=1S/C20H34N4O2.HI/c1-20(2,24-12-6-5-7-13-24)15-23-19(21)22-11-10-16-8-9-17(25-3)18(14-16)26-4;/h8-9,14H,5-7,10-13,15H2,1-4H3,(H3,21,22,23);1H. The maximum Gasteiger partial charge on any atom is 0.188 e. The highest BCUT2D eigenvalue weighted by atomic mass is 127. The van der Waals surface area contributed by atoms with Crippen LogP contribution in [0.5, 0.6) is 11.5 Å². The van der Waals surface area contributed by atoms with Gasteiger partial charge >= 0.3 is 0 Å². The fourth-order valence-corrected chi connectivity index (χ4v) is 3.30. The molecule has 0 spiro atoms. The van der Waals surface area contributed by atoms with Crippen molar-refractivity contribution in [2.24, 2.45) is 10.7 Å². The van der Waals surface area contributed by atoms with Crippen LogP contribution < -0.4 is 20.5 Å². The molecular weight excluding hydrogens is 455 g/mol. The van der Waals surface area contributed by atoms with E-state index in [4.69, 9.17) is 15.2 Å². The van der Waals surface area contributed by atoms with Gasteiger partial charge in [0.05, 0.1) is 20.8 Å². The average Bonchev–Trinajstić information content (AvgIpc) is 2.67. The highest BCUT2D eigenvalue weighted by Gasteiger charge is 2.27. The molecule has 0 amide bonds. The summed E-state index contributed by atoms with van der Waals surface area (Å²) in [6.45, 7) is 8.26. The van der Waals surface area contributed by atoms with Crippen molar-refractivity contribution in [3.63, 3.8) is 0 Å². The Kier molecular flexibility index (Phi) is 10.2. The van der Waals surface area contributed by atoms with E-state index in [1.165, 1.54) is 19.3 Å². The van der Waals surface area contributed by atoms with Gasteiger partial charge in [-0.25, -0.2) is 0 Å². The van der Waals surface area contributed by atoms with Gasteiger partial charge in [0.2, 0.25) is 0 Å². The lowest BCUT2D eigenvalue weighted by molar-refractivity contribution is 0.102. The first kappa shape index (κ1) is 23.8. The van der Waals surface area contributed by atoms with Crippen LogP contribution in [0.4, 0.5) is 0 Å². The normalized spacial score (nSPS) is 15.8. The first-order valence-electron chi connectivity index (χ1n) is 9.46. The second kappa shape index (κ2) is 11.6. The Hall–Kier alpha value is -1.22. The van der Waals surface area contributed by atoms with E-state index in [1.807, 2.05) is 18.2 Å². The van der Waals surface area contributed by atoms with Crippen LogP contribution in [0.3, 0.4) is 0 Å². The summed E-state index contributed by atoms with van der Waals surface area (Å²) in [6, 6.07) is 5.95. The molecule has 1 heterocycles. The molecule has 0 atom stereocenters. The minimum Gasteiger partial charge on any atom is -0.493 e. The van der Waals surface area contributed by atoms with Crippen LogP contribution in [0.1, 0.15) is 38.7 Å². The molecule has 0 saturated carbocycles. The molecule has 1 aromatic carbocycles. The van der Waals surface area contributed by atoms with Crippen molar-refractivity contribution < 1.29 is 9.47 Å². The molecule has 0 aromatic heterocycles. The fourth-order valence-electron chi connectivity index (χ4n) is 3.30. The minimum atomic E-state index is 0. The highest BCUT2D eigenvalue weighted by molar-refractivity contribution is 14.0. The number of ether oxygens (including phenoxy) is 2. The zero-order chi connectivity index (χ0) is 19.0. The number of benzene rings is 1. The summed E-state index contributed by atoms with van der Waals surface area (Å²) in [5.41, 5.74) is 7.27. The zero-order valence-corrected chi connectivity index (χ0v) is 19.4. The van der Waals surface area contributed by atoms with Gasteiger partial charge in [0.15, 0.2) is 17.5 Å². The molecule has 0 bridgehead atoms. The summed E-state index contributed by atoms with van der Waals surface area (Å²) in [5.74, 6) is 2.00. The molecule has 0 radical (unpaired) electrons. The first-order chi connectivity index (χ1) is 12.5. The number of nitrogens with two attached hydrogens (primary N) is 1. The lowest BCUT2D eigenvalue weighted by Gasteiger charge is -2.40. The summed E-state index contributed by atoms with van der Waals surface area (Å²) >= 11 is 0. The second-order valence-corrected chi connectivity index (χ2v) is 7.43. The molecule has 1 aromatic rings. The van der Waals surface area contributed by atoms with Crippen LogP contribution >= 0.6 is 24.0 Å². The monoisotopic (exact) mass is 490 g/mol. The summed E-state index contributed by atoms with van der Waals surface area (Å²) in [7, 11) is 3.29. The van der Waals surface area contributed by atoms with Gasteiger partial charge in [-0.3, -0.25) is 9.89 Å². The number of halogens is 1. The van der Waals surface area contributed by atoms with E-state index in [9.17, 15) is 0 Å². The number of nitrogens with zero attached hydrogens (tertiary/aromatic N) is 2. The van der Waals surface area contributed by atoms with E-state index in [0.717, 1.165) is 43.1 Å². The van der Waals surface area contributed by atoms with Gasteiger partial charge in [-0.1, -0.05) is 12.5 Å². The highest BCUT2D eigenvalue weighted by Crippen LogP contribution is 2.27. The maximum absolute atomic E-state index is 6.05. The van der Waals surface area contributed by atoms with Crippen molar-refractivity contribution in [3.05, 3.63) is 23.8 Å². The molecule has 27 heavy (non-hydrogen) atoms. The first-order valence-corrected chi connectivity index (χ1v) is 9.46. The molecule has 7 heteroatoms. The van der Waals surface area contributed by atoms with E-state index in [-0.39, 0.29) is 29.5 Å². The van der Waals surface area contributed by atoms with Crippen molar-refractivity contribution in [2.75, 3.05) is 40.4 Å². The Morgan fingerprint density at radius 2 is 1.81 bits per heavy atom. The number of piperidine rings is 1. The zero-order valence-electron chi connectivity index (χ0n) is 17.1. The number of rotatable bonds is 8. The summed E-state index contributed by atoms with van der Waals surface area (Å²) in [6.07, 6.45) is 4.75. The van der Waals surface area contributed by atoms with E-state index >= 15 is 0 Å². The minimum absolute atomic E-state index is 0. The van der Waals surface area contributed by atoms with Crippen molar-refractivity contribution in [1.82, 2.24) is 10.2 Å². The number of hydrogen-bond donors (Lipinski definition) is 2. The Balaban J connectivity index is 0.00000364. The molecule has 6 nitrogen and oxygen atoms in total. The molecule has 0 unspecified atom stereocenters. The van der Waals surface area contributed by atoms with Gasteiger partial charge < -0.3 is 20.5 Å². The SMILES string of the molecule is COc1ccc(CCNC(N)=NCC(C)(C)N2CCCCC2)cc1OC.I. The molecule has 1 fully saturated rings. The molecule has 154 valence electrons. The molecule has 1 saturated heterocycles. The third-order valence-electron chi connectivity index (χ3n) is 5.02. The number of guanidine groups is 1. The number of aliphatic imine (C=N–C) groups is 1. The van der Waals surface area contributed by atoms with Crippen molar-refractivity contribution in [1.29, 1.82) is 0 Å². The predicted octanol–water partition coefficient (Wildman–Crippen LogP) is 3.03. The van der Waals surface area contributed by atoms with Crippen molar-refractivity contribution >= 4 is 29.9 Å². The lowest BCUT2D eigenvalue weighted by atomic mass is 9.99. The molecule has 1 aliphatic heterocycles. The van der Waals surface area contributed by atoms with Crippen molar-refractivity contribution in [2.45, 2.75) is 45.1 Å².